The van der Waals surface area contributed by atoms with Gasteiger partial charge in [-0.3, -0.25) is 0 Å². The lowest BCUT2D eigenvalue weighted by molar-refractivity contribution is 0.354. The second kappa shape index (κ2) is 6.58. The van der Waals surface area contributed by atoms with Crippen molar-refractivity contribution in [1.82, 2.24) is 15.0 Å². The molecule has 0 aliphatic rings. The van der Waals surface area contributed by atoms with Gasteiger partial charge >= 0.3 is 0 Å². The first-order valence-corrected chi connectivity index (χ1v) is 6.40. The van der Waals surface area contributed by atoms with E-state index in [4.69, 9.17) is 32.7 Å². The molecule has 106 valence electrons. The lowest BCUT2D eigenvalue weighted by Gasteiger charge is -2.10. The van der Waals surface area contributed by atoms with Crippen molar-refractivity contribution >= 4 is 29.2 Å². The first-order valence-electron chi connectivity index (χ1n) is 5.64. The molecule has 0 aliphatic carbocycles. The van der Waals surface area contributed by atoms with Gasteiger partial charge in [-0.05, 0) is 40.9 Å². The van der Waals surface area contributed by atoms with Crippen molar-refractivity contribution in [3.05, 3.63) is 34.3 Å². The van der Waals surface area contributed by atoms with Crippen molar-refractivity contribution in [2.45, 2.75) is 6.54 Å². The number of nitrogens with zero attached hydrogens (tertiary/aromatic N) is 3. The third kappa shape index (κ3) is 3.61. The monoisotopic (exact) mass is 314 g/mol. The van der Waals surface area contributed by atoms with Gasteiger partial charge in [0.15, 0.2) is 11.5 Å². The molecule has 6 nitrogen and oxygen atoms in total. The lowest BCUT2D eigenvalue weighted by Crippen LogP contribution is -2.05. The number of aromatic nitrogens is 3. The molecule has 8 heteroatoms. The van der Waals surface area contributed by atoms with Crippen LogP contribution in [0.5, 0.6) is 11.5 Å². The summed E-state index contributed by atoms with van der Waals surface area (Å²) in [6.45, 7) is 0.483. The van der Waals surface area contributed by atoms with Crippen molar-refractivity contribution in [1.29, 1.82) is 0 Å². The van der Waals surface area contributed by atoms with Crippen molar-refractivity contribution in [2.75, 3.05) is 19.5 Å². The van der Waals surface area contributed by atoms with Crippen molar-refractivity contribution in [3.8, 4) is 11.5 Å². The minimum atomic E-state index is 0.0415. The Hall–Kier alpha value is -1.79. The zero-order valence-electron chi connectivity index (χ0n) is 10.9. The molecule has 0 unspecified atom stereocenters. The number of methoxy groups -OCH3 is 2. The van der Waals surface area contributed by atoms with Gasteiger partial charge < -0.3 is 14.8 Å². The van der Waals surface area contributed by atoms with E-state index in [1.54, 1.807) is 14.2 Å². The summed E-state index contributed by atoms with van der Waals surface area (Å²) >= 11 is 11.4. The van der Waals surface area contributed by atoms with Crippen molar-refractivity contribution < 1.29 is 9.47 Å². The van der Waals surface area contributed by atoms with Crippen LogP contribution in [0.2, 0.25) is 10.6 Å². The second-order valence-corrected chi connectivity index (χ2v) is 4.42. The number of anilines is 1. The molecule has 2 aromatic rings. The Morgan fingerprint density at radius 1 is 1.00 bits per heavy atom. The van der Waals surface area contributed by atoms with Gasteiger partial charge in [-0.15, -0.1) is 0 Å². The van der Waals surface area contributed by atoms with E-state index in [9.17, 15) is 0 Å². The normalized spacial score (nSPS) is 10.2. The van der Waals surface area contributed by atoms with E-state index in [0.717, 1.165) is 5.56 Å². The standard InChI is InChI=1S/C12H12Cl2N4O2/c1-19-8-4-3-7(5-9(8)20-2)6-15-12-17-10(13)16-11(14)18-12/h3-5H,6H2,1-2H3,(H,15,16,17,18). The quantitative estimate of drug-likeness (QED) is 0.915. The number of benzene rings is 1. The molecule has 1 N–H and O–H groups in total. The fourth-order valence-corrected chi connectivity index (χ4v) is 1.94. The molecule has 0 amide bonds. The number of rotatable bonds is 5. The zero-order chi connectivity index (χ0) is 14.5. The Balaban J connectivity index is 2.10. The number of hydrogen-bond donors (Lipinski definition) is 1. The summed E-state index contributed by atoms with van der Waals surface area (Å²) in [6.07, 6.45) is 0. The highest BCUT2D eigenvalue weighted by molar-refractivity contribution is 6.31. The fourth-order valence-electron chi connectivity index (χ4n) is 1.58. The number of nitrogens with one attached hydrogen (secondary N) is 1. The van der Waals surface area contributed by atoms with Gasteiger partial charge in [0, 0.05) is 6.54 Å². The van der Waals surface area contributed by atoms with Gasteiger partial charge in [0.1, 0.15) is 0 Å². The molecule has 0 fully saturated rings. The summed E-state index contributed by atoms with van der Waals surface area (Å²) in [5.41, 5.74) is 0.968. The van der Waals surface area contributed by atoms with Crippen LogP contribution in [-0.2, 0) is 6.54 Å². The van der Waals surface area contributed by atoms with Gasteiger partial charge in [0.2, 0.25) is 16.5 Å². The highest BCUT2D eigenvalue weighted by atomic mass is 35.5. The van der Waals surface area contributed by atoms with E-state index in [-0.39, 0.29) is 10.6 Å². The lowest BCUT2D eigenvalue weighted by atomic mass is 10.2. The van der Waals surface area contributed by atoms with E-state index >= 15 is 0 Å². The minimum absolute atomic E-state index is 0.0415. The van der Waals surface area contributed by atoms with Gasteiger partial charge in [-0.25, -0.2) is 0 Å². The van der Waals surface area contributed by atoms with Crippen LogP contribution in [0.4, 0.5) is 5.95 Å². The van der Waals surface area contributed by atoms with E-state index in [1.165, 1.54) is 0 Å². The van der Waals surface area contributed by atoms with Crippen LogP contribution in [-0.4, -0.2) is 29.2 Å². The van der Waals surface area contributed by atoms with Crippen LogP contribution >= 0.6 is 23.2 Å². The molecule has 2 rings (SSSR count). The first-order chi connectivity index (χ1) is 9.62. The average Bonchev–Trinajstić information content (AvgIpc) is 2.43. The van der Waals surface area contributed by atoms with Crippen LogP contribution in [0, 0.1) is 0 Å². The first kappa shape index (κ1) is 14.6. The van der Waals surface area contributed by atoms with E-state index < -0.39 is 0 Å². The van der Waals surface area contributed by atoms with Gasteiger partial charge in [-0.1, -0.05) is 6.07 Å². The molecule has 0 saturated carbocycles. The molecule has 0 atom stereocenters. The highest BCUT2D eigenvalue weighted by Crippen LogP contribution is 2.27. The molecule has 20 heavy (non-hydrogen) atoms. The maximum atomic E-state index is 5.70. The summed E-state index contributed by atoms with van der Waals surface area (Å²) in [7, 11) is 3.17. The molecule has 0 saturated heterocycles. The van der Waals surface area contributed by atoms with Crippen LogP contribution in [0.3, 0.4) is 0 Å². The summed E-state index contributed by atoms with van der Waals surface area (Å²) in [5.74, 6) is 1.63. The molecule has 0 bridgehead atoms. The van der Waals surface area contributed by atoms with Crippen LogP contribution in [0.15, 0.2) is 18.2 Å². The number of ether oxygens (including phenoxy) is 2. The third-order valence-electron chi connectivity index (χ3n) is 2.48. The molecule has 0 spiro atoms. The Morgan fingerprint density at radius 2 is 1.65 bits per heavy atom. The van der Waals surface area contributed by atoms with Crippen LogP contribution in [0.1, 0.15) is 5.56 Å². The molecule has 0 radical (unpaired) electrons. The second-order valence-electron chi connectivity index (χ2n) is 3.74. The molecule has 0 aliphatic heterocycles. The van der Waals surface area contributed by atoms with Gasteiger partial charge in [0.05, 0.1) is 14.2 Å². The largest absolute Gasteiger partial charge is 0.493 e. The Kier molecular flexibility index (Phi) is 4.81. The van der Waals surface area contributed by atoms with Crippen molar-refractivity contribution in [3.63, 3.8) is 0 Å². The minimum Gasteiger partial charge on any atom is -0.493 e. The summed E-state index contributed by atoms with van der Waals surface area (Å²) < 4.78 is 10.4. The van der Waals surface area contributed by atoms with E-state index in [1.807, 2.05) is 18.2 Å². The van der Waals surface area contributed by atoms with Gasteiger partial charge in [-0.2, -0.15) is 15.0 Å². The average molecular weight is 315 g/mol. The van der Waals surface area contributed by atoms with E-state index in [0.29, 0.717) is 24.0 Å². The predicted molar refractivity (Wildman–Crippen MR) is 76.7 cm³/mol. The smallest absolute Gasteiger partial charge is 0.228 e. The fraction of sp³-hybridized carbons (Fsp3) is 0.250. The Bertz CT molecular complexity index is 590. The maximum absolute atomic E-state index is 5.70. The topological polar surface area (TPSA) is 69.2 Å². The molecular formula is C12H12Cl2N4O2. The third-order valence-corrected chi connectivity index (χ3v) is 2.82. The molecule has 1 heterocycles. The summed E-state index contributed by atoms with van der Waals surface area (Å²) in [5, 5.41) is 3.09. The summed E-state index contributed by atoms with van der Waals surface area (Å²) in [4.78, 5) is 11.5. The predicted octanol–water partition coefficient (Wildman–Crippen LogP) is 2.81. The summed E-state index contributed by atoms with van der Waals surface area (Å²) in [6, 6.07) is 5.58. The molecular weight excluding hydrogens is 303 g/mol. The van der Waals surface area contributed by atoms with Crippen LogP contribution < -0.4 is 14.8 Å². The molecule has 1 aromatic carbocycles. The SMILES string of the molecule is COc1ccc(CNc2nc(Cl)nc(Cl)n2)cc1OC. The molecule has 1 aromatic heterocycles. The number of hydrogen-bond acceptors (Lipinski definition) is 6. The highest BCUT2D eigenvalue weighted by Gasteiger charge is 2.06. The Morgan fingerprint density at radius 3 is 2.25 bits per heavy atom. The van der Waals surface area contributed by atoms with Gasteiger partial charge in [0.25, 0.3) is 0 Å². The number of halogens is 2. The van der Waals surface area contributed by atoms with Crippen LogP contribution in [0.25, 0.3) is 0 Å². The maximum Gasteiger partial charge on any atom is 0.228 e. The Labute approximate surface area is 126 Å². The van der Waals surface area contributed by atoms with Crippen molar-refractivity contribution in [2.24, 2.45) is 0 Å². The van der Waals surface area contributed by atoms with E-state index in [2.05, 4.69) is 20.3 Å². The zero-order valence-corrected chi connectivity index (χ0v) is 12.4.